The van der Waals surface area contributed by atoms with Crippen molar-refractivity contribution in [1.82, 2.24) is 33.2 Å². The minimum Gasteiger partial charge on any atom is -0.444 e. The number of carbonyl (C=O) groups excluding carboxylic acids is 1. The summed E-state index contributed by atoms with van der Waals surface area (Å²) in [7, 11) is -1.28. The normalized spacial score (nSPS) is 19.2. The number of fused-ring (bicyclic) bond motifs is 3. The lowest BCUT2D eigenvalue weighted by molar-refractivity contribution is -0.0141. The molecule has 4 heterocycles. The van der Waals surface area contributed by atoms with Crippen LogP contribution in [0.3, 0.4) is 0 Å². The van der Waals surface area contributed by atoms with Gasteiger partial charge in [-0.1, -0.05) is 18.2 Å². The number of nitrogens with one attached hydrogen (secondary N) is 1. The highest BCUT2D eigenvalue weighted by Crippen LogP contribution is 2.44. The second-order valence-corrected chi connectivity index (χ2v) is 15.8. The van der Waals surface area contributed by atoms with Gasteiger partial charge in [0.1, 0.15) is 5.60 Å². The Labute approximate surface area is 289 Å². The molecule has 0 radical (unpaired) electrons. The molecule has 6 rings (SSSR count). The van der Waals surface area contributed by atoms with E-state index in [9.17, 15) is 23.1 Å². The van der Waals surface area contributed by atoms with Crippen molar-refractivity contribution in [2.45, 2.75) is 75.3 Å². The summed E-state index contributed by atoms with van der Waals surface area (Å²) in [6.07, 6.45) is 1.26. The maximum absolute atomic E-state index is 15.4. The van der Waals surface area contributed by atoms with Gasteiger partial charge in [-0.15, -0.1) is 5.10 Å². The SMILES string of the molecule is CC(O)CO[C@@H]1C[C@@H](n2c(=O)n(C)c3cnc4c(c(Br)c(-c5cn(C)nc5F)n4S(=O)(=O)c4ccccc4)c32)C[C@@H]1NC(=O)OC(C)(C)C. The van der Waals surface area contributed by atoms with Gasteiger partial charge in [0, 0.05) is 26.3 Å². The third kappa shape index (κ3) is 6.28. The Bertz CT molecular complexity index is 2240. The summed E-state index contributed by atoms with van der Waals surface area (Å²) in [6.45, 7) is 6.81. The highest BCUT2D eigenvalue weighted by atomic mass is 79.9. The number of hydrogen-bond acceptors (Lipinski definition) is 9. The number of ether oxygens (including phenoxy) is 2. The standard InChI is InChI=1S/C32H37BrFN7O7S/c1-17(42)16-47-23-13-18(12-21(23)36-30(43)48-32(2,3)4)40-27-22(39(6)31(40)44)14-35-29-24(27)25(33)26(20-15-38(5)37-28(20)34)41(29)49(45,46)19-10-8-7-9-11-19/h7-11,14-15,17-18,21,23,42H,12-13,16H2,1-6H3,(H,36,43)/t17?,18-,21-,23+/m0/s1. The number of aliphatic hydroxyl groups is 1. The van der Waals surface area contributed by atoms with Gasteiger partial charge in [0.05, 0.1) is 68.1 Å². The number of aliphatic hydroxyl groups excluding tert-OH is 1. The Hall–Kier alpha value is -4.06. The van der Waals surface area contributed by atoms with Crippen LogP contribution in [0.1, 0.15) is 46.6 Å². The second kappa shape index (κ2) is 12.7. The summed E-state index contributed by atoms with van der Waals surface area (Å²) < 4.78 is 60.9. The first-order valence-electron chi connectivity index (χ1n) is 15.6. The first-order chi connectivity index (χ1) is 23.0. The number of pyridine rings is 1. The summed E-state index contributed by atoms with van der Waals surface area (Å²) in [5.74, 6) is -0.901. The molecule has 4 aromatic heterocycles. The predicted molar refractivity (Wildman–Crippen MR) is 182 cm³/mol. The van der Waals surface area contributed by atoms with Crippen LogP contribution < -0.4 is 11.0 Å². The molecule has 4 atom stereocenters. The average Bonchev–Trinajstić information content (AvgIpc) is 3.72. The van der Waals surface area contributed by atoms with Crippen molar-refractivity contribution in [3.05, 3.63) is 63.6 Å². The van der Waals surface area contributed by atoms with Gasteiger partial charge in [0.15, 0.2) is 5.65 Å². The van der Waals surface area contributed by atoms with Gasteiger partial charge in [0.25, 0.3) is 10.0 Å². The molecule has 1 aliphatic rings. The van der Waals surface area contributed by atoms with Crippen molar-refractivity contribution in [3.8, 4) is 11.3 Å². The summed E-state index contributed by atoms with van der Waals surface area (Å²) in [5, 5.41) is 16.9. The highest BCUT2D eigenvalue weighted by Gasteiger charge is 2.41. The van der Waals surface area contributed by atoms with Crippen LogP contribution in [-0.2, 0) is 33.6 Å². The zero-order valence-corrected chi connectivity index (χ0v) is 30.1. The van der Waals surface area contributed by atoms with E-state index in [1.165, 1.54) is 40.8 Å². The lowest BCUT2D eigenvalue weighted by Crippen LogP contribution is -2.44. The van der Waals surface area contributed by atoms with Crippen molar-refractivity contribution in [1.29, 1.82) is 0 Å². The third-order valence-electron chi connectivity index (χ3n) is 8.35. The monoisotopic (exact) mass is 761 g/mol. The number of benzene rings is 1. The molecular formula is C32H37BrFN7O7S. The average molecular weight is 763 g/mol. The summed E-state index contributed by atoms with van der Waals surface area (Å²) in [6, 6.07) is 6.55. The number of rotatable bonds is 8. The lowest BCUT2D eigenvalue weighted by Gasteiger charge is -2.25. The Kier molecular flexibility index (Phi) is 9.00. The van der Waals surface area contributed by atoms with Crippen LogP contribution in [-0.4, -0.2) is 77.9 Å². The van der Waals surface area contributed by atoms with Gasteiger partial charge in [0.2, 0.25) is 5.95 Å². The quantitative estimate of drug-likeness (QED) is 0.236. The van der Waals surface area contributed by atoms with E-state index in [1.807, 2.05) is 0 Å². The first kappa shape index (κ1) is 34.8. The van der Waals surface area contributed by atoms with Crippen molar-refractivity contribution in [2.24, 2.45) is 14.1 Å². The molecule has 1 unspecified atom stereocenters. The van der Waals surface area contributed by atoms with E-state index < -0.39 is 57.6 Å². The molecule has 2 N–H and O–H groups in total. The molecule has 1 fully saturated rings. The number of carbonyl (C=O) groups is 1. The van der Waals surface area contributed by atoms with Crippen LogP contribution in [0, 0.1) is 5.95 Å². The third-order valence-corrected chi connectivity index (χ3v) is 10.8. The molecule has 49 heavy (non-hydrogen) atoms. The molecule has 14 nitrogen and oxygen atoms in total. The second-order valence-electron chi connectivity index (χ2n) is 13.3. The fraction of sp³-hybridized carbons (Fsp3) is 0.438. The number of aromatic nitrogens is 6. The lowest BCUT2D eigenvalue weighted by atomic mass is 10.2. The molecular weight excluding hydrogens is 725 g/mol. The van der Waals surface area contributed by atoms with E-state index in [0.717, 1.165) is 3.97 Å². The number of nitrogens with zero attached hydrogens (tertiary/aromatic N) is 6. The number of hydrogen-bond donors (Lipinski definition) is 2. The number of amides is 1. The molecule has 1 amide bonds. The molecule has 262 valence electrons. The molecule has 1 aromatic carbocycles. The summed E-state index contributed by atoms with van der Waals surface area (Å²) >= 11 is 3.59. The number of imidazole rings is 1. The molecule has 0 saturated heterocycles. The van der Waals surface area contributed by atoms with Crippen molar-refractivity contribution < 1.29 is 32.2 Å². The molecule has 1 aliphatic carbocycles. The number of aryl methyl sites for hydroxylation is 2. The molecule has 0 bridgehead atoms. The maximum Gasteiger partial charge on any atom is 0.407 e. The molecule has 1 saturated carbocycles. The van der Waals surface area contributed by atoms with E-state index >= 15 is 4.39 Å². The van der Waals surface area contributed by atoms with E-state index in [0.29, 0.717) is 11.0 Å². The minimum atomic E-state index is -4.38. The smallest absolute Gasteiger partial charge is 0.407 e. The van der Waals surface area contributed by atoms with Crippen LogP contribution >= 0.6 is 15.9 Å². The van der Waals surface area contributed by atoms with Crippen molar-refractivity contribution >= 4 is 54.1 Å². The Balaban J connectivity index is 1.59. The maximum atomic E-state index is 15.4. The van der Waals surface area contributed by atoms with Crippen LogP contribution in [0.2, 0.25) is 0 Å². The molecule has 0 aliphatic heterocycles. The Morgan fingerprint density at radius 2 is 1.90 bits per heavy atom. The van der Waals surface area contributed by atoms with Gasteiger partial charge in [-0.25, -0.2) is 27.0 Å². The fourth-order valence-corrected chi connectivity index (χ4v) is 8.74. The zero-order valence-electron chi connectivity index (χ0n) is 27.7. The number of halogens is 2. The Morgan fingerprint density at radius 1 is 1.20 bits per heavy atom. The first-order valence-corrected chi connectivity index (χ1v) is 17.8. The van der Waals surface area contributed by atoms with Crippen LogP contribution in [0.4, 0.5) is 9.18 Å². The van der Waals surface area contributed by atoms with Crippen molar-refractivity contribution in [2.75, 3.05) is 6.61 Å². The van der Waals surface area contributed by atoms with E-state index in [4.69, 9.17) is 9.47 Å². The largest absolute Gasteiger partial charge is 0.444 e. The zero-order chi connectivity index (χ0) is 35.6. The fourth-order valence-electron chi connectivity index (χ4n) is 6.36. The van der Waals surface area contributed by atoms with E-state index in [-0.39, 0.29) is 51.1 Å². The van der Waals surface area contributed by atoms with Gasteiger partial charge < -0.3 is 19.9 Å². The van der Waals surface area contributed by atoms with Crippen LogP contribution in [0.25, 0.3) is 33.3 Å². The Morgan fingerprint density at radius 3 is 2.51 bits per heavy atom. The van der Waals surface area contributed by atoms with Gasteiger partial charge in [-0.3, -0.25) is 13.8 Å². The topological polar surface area (TPSA) is 164 Å². The minimum absolute atomic E-state index is 0.00569. The van der Waals surface area contributed by atoms with Gasteiger partial charge in [-0.2, -0.15) is 4.39 Å². The van der Waals surface area contributed by atoms with Gasteiger partial charge >= 0.3 is 11.8 Å². The summed E-state index contributed by atoms with van der Waals surface area (Å²) in [4.78, 5) is 31.4. The highest BCUT2D eigenvalue weighted by molar-refractivity contribution is 9.10. The van der Waals surface area contributed by atoms with Crippen LogP contribution in [0.15, 0.2) is 56.9 Å². The molecule has 17 heteroatoms. The molecule has 0 spiro atoms. The van der Waals surface area contributed by atoms with E-state index in [2.05, 4.69) is 31.3 Å². The molecule has 5 aromatic rings. The van der Waals surface area contributed by atoms with Crippen LogP contribution in [0.5, 0.6) is 0 Å². The summed E-state index contributed by atoms with van der Waals surface area (Å²) in [5.41, 5.74) is -0.607. The van der Waals surface area contributed by atoms with E-state index in [1.54, 1.807) is 57.5 Å². The van der Waals surface area contributed by atoms with Gasteiger partial charge in [-0.05, 0) is 68.6 Å². The predicted octanol–water partition coefficient (Wildman–Crippen LogP) is 4.22. The number of alkyl carbamates (subject to hydrolysis) is 1. The van der Waals surface area contributed by atoms with Crippen molar-refractivity contribution in [3.63, 3.8) is 0 Å².